The number of hydrogen-bond acceptors (Lipinski definition) is 7. The molecule has 116 valence electrons. The molecule has 0 bridgehead atoms. The fourth-order valence-corrected chi connectivity index (χ4v) is 2.55. The molecule has 2 N–H and O–H groups in total. The number of nitrogen functional groups attached to an aromatic ring is 1. The van der Waals surface area contributed by atoms with E-state index in [1.165, 1.54) is 11.8 Å². The number of aromatic nitrogens is 2. The van der Waals surface area contributed by atoms with Crippen LogP contribution in [0.4, 0.5) is 10.2 Å². The Hall–Kier alpha value is -1.61. The lowest BCUT2D eigenvalue weighted by Gasteiger charge is -2.16. The Morgan fingerprint density at radius 2 is 2.48 bits per heavy atom. The fraction of sp³-hybridized carbons (Fsp3) is 0.583. The normalized spacial score (nSPS) is 23.0. The molecule has 1 aliphatic heterocycles. The van der Waals surface area contributed by atoms with E-state index < -0.39 is 29.2 Å². The summed E-state index contributed by atoms with van der Waals surface area (Å²) in [7, 11) is 0. The molecule has 1 saturated heterocycles. The molecule has 0 amide bonds. The van der Waals surface area contributed by atoms with Crippen LogP contribution in [0.25, 0.3) is 0 Å². The van der Waals surface area contributed by atoms with Crippen LogP contribution in [0.1, 0.15) is 26.5 Å². The first-order valence-electron chi connectivity index (χ1n) is 6.44. The first-order chi connectivity index (χ1) is 9.92. The molecule has 9 heteroatoms. The highest BCUT2D eigenvalue weighted by Gasteiger charge is 2.32. The van der Waals surface area contributed by atoms with Crippen molar-refractivity contribution in [2.24, 2.45) is 5.92 Å². The SMILES string of the molecule is CCC(C)C(=O)OC1OC(n2cc(F)c(N)nc2=O)CS1. The molecular formula is C12H16FN3O4S. The van der Waals surface area contributed by atoms with E-state index in [0.717, 1.165) is 10.8 Å². The zero-order valence-electron chi connectivity index (χ0n) is 11.6. The number of rotatable bonds is 4. The van der Waals surface area contributed by atoms with Crippen LogP contribution in [0, 0.1) is 11.7 Å². The van der Waals surface area contributed by atoms with E-state index in [-0.39, 0.29) is 11.9 Å². The maximum Gasteiger partial charge on any atom is 0.351 e. The van der Waals surface area contributed by atoms with Crippen LogP contribution in [-0.4, -0.2) is 26.9 Å². The highest BCUT2D eigenvalue weighted by molar-refractivity contribution is 7.99. The van der Waals surface area contributed by atoms with Crippen molar-refractivity contribution in [3.05, 3.63) is 22.5 Å². The number of carbonyl (C=O) groups excluding carboxylic acids is 1. The second-order valence-corrected chi connectivity index (χ2v) is 5.67. The molecular weight excluding hydrogens is 301 g/mol. The molecule has 1 fully saturated rings. The van der Waals surface area contributed by atoms with Crippen molar-refractivity contribution in [2.75, 3.05) is 11.5 Å². The molecule has 1 aliphatic rings. The van der Waals surface area contributed by atoms with Crippen molar-refractivity contribution in [3.8, 4) is 0 Å². The largest absolute Gasteiger partial charge is 0.425 e. The number of halogens is 1. The average Bonchev–Trinajstić information content (AvgIpc) is 2.90. The summed E-state index contributed by atoms with van der Waals surface area (Å²) >= 11 is 1.21. The lowest BCUT2D eigenvalue weighted by atomic mass is 10.1. The first kappa shape index (κ1) is 15.8. The zero-order valence-corrected chi connectivity index (χ0v) is 12.4. The van der Waals surface area contributed by atoms with E-state index in [0.29, 0.717) is 12.2 Å². The Morgan fingerprint density at radius 1 is 1.76 bits per heavy atom. The van der Waals surface area contributed by atoms with Crippen LogP contribution in [0.3, 0.4) is 0 Å². The summed E-state index contributed by atoms with van der Waals surface area (Å²) in [5, 5.41) is 0. The lowest BCUT2D eigenvalue weighted by Crippen LogP contribution is -2.30. The summed E-state index contributed by atoms with van der Waals surface area (Å²) in [6.07, 6.45) is 0.848. The van der Waals surface area contributed by atoms with Crippen molar-refractivity contribution in [1.82, 2.24) is 9.55 Å². The summed E-state index contributed by atoms with van der Waals surface area (Å²) < 4.78 is 25.0. The molecule has 2 heterocycles. The molecule has 3 atom stereocenters. The van der Waals surface area contributed by atoms with Crippen molar-refractivity contribution in [3.63, 3.8) is 0 Å². The number of anilines is 1. The van der Waals surface area contributed by atoms with Gasteiger partial charge in [-0.2, -0.15) is 4.98 Å². The van der Waals surface area contributed by atoms with E-state index in [4.69, 9.17) is 15.2 Å². The molecule has 0 saturated carbocycles. The summed E-state index contributed by atoms with van der Waals surface area (Å²) in [5.41, 5.74) is 3.69. The number of nitrogens with zero attached hydrogens (tertiary/aromatic N) is 2. The van der Waals surface area contributed by atoms with Crippen LogP contribution in [0.15, 0.2) is 11.0 Å². The van der Waals surface area contributed by atoms with Gasteiger partial charge in [0.25, 0.3) is 5.62 Å². The molecule has 0 aromatic carbocycles. The highest BCUT2D eigenvalue weighted by Crippen LogP contribution is 2.32. The molecule has 1 aromatic heterocycles. The van der Waals surface area contributed by atoms with Gasteiger partial charge in [0.15, 0.2) is 17.9 Å². The van der Waals surface area contributed by atoms with Crippen LogP contribution in [0.5, 0.6) is 0 Å². The molecule has 0 spiro atoms. The van der Waals surface area contributed by atoms with Crippen LogP contribution >= 0.6 is 11.8 Å². The Kier molecular flexibility index (Phi) is 4.84. The lowest BCUT2D eigenvalue weighted by molar-refractivity contribution is -0.173. The predicted molar refractivity (Wildman–Crippen MR) is 74.8 cm³/mol. The Balaban J connectivity index is 2.04. The van der Waals surface area contributed by atoms with E-state index in [1.807, 2.05) is 6.92 Å². The van der Waals surface area contributed by atoms with Crippen LogP contribution < -0.4 is 11.4 Å². The minimum absolute atomic E-state index is 0.230. The van der Waals surface area contributed by atoms with Crippen LogP contribution in [-0.2, 0) is 14.3 Å². The van der Waals surface area contributed by atoms with E-state index in [2.05, 4.69) is 4.98 Å². The second-order valence-electron chi connectivity index (χ2n) is 4.62. The number of carbonyl (C=O) groups is 1. The third kappa shape index (κ3) is 3.53. The molecule has 0 aliphatic carbocycles. The average molecular weight is 317 g/mol. The number of thioether (sulfide) groups is 1. The summed E-state index contributed by atoms with van der Waals surface area (Å²) in [4.78, 5) is 26.7. The smallest absolute Gasteiger partial charge is 0.351 e. The minimum atomic E-state index is -0.816. The first-order valence-corrected chi connectivity index (χ1v) is 7.49. The van der Waals surface area contributed by atoms with Gasteiger partial charge < -0.3 is 15.2 Å². The van der Waals surface area contributed by atoms with Gasteiger partial charge in [-0.15, -0.1) is 0 Å². The van der Waals surface area contributed by atoms with Gasteiger partial charge in [-0.25, -0.2) is 9.18 Å². The van der Waals surface area contributed by atoms with E-state index in [1.54, 1.807) is 6.92 Å². The number of ether oxygens (including phenoxy) is 2. The molecule has 21 heavy (non-hydrogen) atoms. The number of esters is 1. The Labute approximate surface area is 124 Å². The maximum atomic E-state index is 13.4. The van der Waals surface area contributed by atoms with Crippen LogP contribution in [0.2, 0.25) is 0 Å². The predicted octanol–water partition coefficient (Wildman–Crippen LogP) is 1.10. The van der Waals surface area contributed by atoms with Crippen molar-refractivity contribution in [1.29, 1.82) is 0 Å². The maximum absolute atomic E-state index is 13.4. The van der Waals surface area contributed by atoms with Gasteiger partial charge in [0.05, 0.1) is 12.1 Å². The molecule has 3 unspecified atom stereocenters. The van der Waals surface area contributed by atoms with Gasteiger partial charge in [-0.05, 0) is 6.42 Å². The van der Waals surface area contributed by atoms with Gasteiger partial charge in [-0.1, -0.05) is 25.6 Å². The number of nitrogens with two attached hydrogens (primary N) is 1. The van der Waals surface area contributed by atoms with Gasteiger partial charge in [0.1, 0.15) is 0 Å². The van der Waals surface area contributed by atoms with Gasteiger partial charge in [0.2, 0.25) is 0 Å². The van der Waals surface area contributed by atoms with Crippen molar-refractivity contribution in [2.45, 2.75) is 32.1 Å². The van der Waals surface area contributed by atoms with Gasteiger partial charge in [0, 0.05) is 5.75 Å². The quantitative estimate of drug-likeness (QED) is 0.831. The zero-order chi connectivity index (χ0) is 15.6. The fourth-order valence-electron chi connectivity index (χ4n) is 1.62. The number of hydrogen-bond donors (Lipinski definition) is 1. The standard InChI is InChI=1S/C12H16FN3O4S/c1-3-6(2)10(17)20-12-19-8(5-21-12)16-4-7(13)9(14)15-11(16)18/h4,6,8,12H,3,5H2,1-2H3,(H2,14,15,18). The summed E-state index contributed by atoms with van der Waals surface area (Å²) in [6.45, 7) is 3.63. The molecule has 7 nitrogen and oxygen atoms in total. The second kappa shape index (κ2) is 6.44. The Morgan fingerprint density at radius 3 is 3.14 bits per heavy atom. The molecule has 2 rings (SSSR count). The van der Waals surface area contributed by atoms with Gasteiger partial charge >= 0.3 is 11.7 Å². The molecule has 0 radical (unpaired) electrons. The topological polar surface area (TPSA) is 96.4 Å². The third-order valence-corrected chi connectivity index (χ3v) is 4.07. The minimum Gasteiger partial charge on any atom is -0.425 e. The summed E-state index contributed by atoms with van der Waals surface area (Å²) in [6, 6.07) is 0. The van der Waals surface area contributed by atoms with E-state index in [9.17, 15) is 14.0 Å². The molecule has 1 aromatic rings. The van der Waals surface area contributed by atoms with E-state index >= 15 is 0 Å². The Bertz CT molecular complexity index is 594. The van der Waals surface area contributed by atoms with Crippen molar-refractivity contribution >= 4 is 23.5 Å². The van der Waals surface area contributed by atoms with Crippen molar-refractivity contribution < 1.29 is 18.7 Å². The summed E-state index contributed by atoms with van der Waals surface area (Å²) in [5.74, 6) is -1.52. The monoisotopic (exact) mass is 317 g/mol. The third-order valence-electron chi connectivity index (χ3n) is 3.11. The highest BCUT2D eigenvalue weighted by atomic mass is 32.2. The van der Waals surface area contributed by atoms with Gasteiger partial charge in [-0.3, -0.25) is 9.36 Å².